The maximum atomic E-state index is 13.2. The van der Waals surface area contributed by atoms with Crippen molar-refractivity contribution in [2.45, 2.75) is 39.7 Å². The molecule has 1 N–H and O–H groups in total. The Morgan fingerprint density at radius 3 is 2.61 bits per heavy atom. The molecule has 3 aromatic heterocycles. The topological polar surface area (TPSA) is 93.0 Å². The predicted octanol–water partition coefficient (Wildman–Crippen LogP) is 2.94. The van der Waals surface area contributed by atoms with Crippen LogP contribution in [-0.2, 0) is 7.05 Å². The van der Waals surface area contributed by atoms with Crippen molar-refractivity contribution in [1.82, 2.24) is 24.6 Å². The van der Waals surface area contributed by atoms with Gasteiger partial charge in [0.2, 0.25) is 0 Å². The number of nitrogens with one attached hydrogen (secondary N) is 1. The van der Waals surface area contributed by atoms with Crippen LogP contribution in [0.1, 0.15) is 39.5 Å². The number of pyridine rings is 1. The van der Waals surface area contributed by atoms with Gasteiger partial charge in [-0.3, -0.25) is 14.6 Å². The summed E-state index contributed by atoms with van der Waals surface area (Å²) < 4.78 is 1.33. The third kappa shape index (κ3) is 4.23. The number of likely N-dealkylation sites (tertiary alicyclic amines) is 1. The molecule has 31 heavy (non-hydrogen) atoms. The maximum Gasteiger partial charge on any atom is 0.277 e. The minimum absolute atomic E-state index is 0.0127. The fourth-order valence-corrected chi connectivity index (χ4v) is 4.98. The molecule has 0 saturated carbocycles. The lowest BCUT2D eigenvalue weighted by atomic mass is 10.0. The van der Waals surface area contributed by atoms with E-state index in [4.69, 9.17) is 0 Å². The molecule has 4 heterocycles. The molecule has 0 bridgehead atoms. The molecule has 8 nitrogen and oxygen atoms in total. The van der Waals surface area contributed by atoms with Crippen LogP contribution in [0.4, 0.5) is 5.69 Å². The lowest BCUT2D eigenvalue weighted by Crippen LogP contribution is -2.42. The van der Waals surface area contributed by atoms with E-state index >= 15 is 0 Å². The number of hydrogen-bond acceptors (Lipinski definition) is 7. The molecule has 0 spiro atoms. The highest BCUT2D eigenvalue weighted by Crippen LogP contribution is 2.30. The average molecular weight is 439 g/mol. The zero-order valence-corrected chi connectivity index (χ0v) is 19.0. The minimum atomic E-state index is -0.196. The Morgan fingerprint density at radius 2 is 1.94 bits per heavy atom. The van der Waals surface area contributed by atoms with Gasteiger partial charge in [-0.2, -0.15) is 5.10 Å². The third-order valence-electron chi connectivity index (χ3n) is 5.74. The largest absolute Gasteiger partial charge is 0.381 e. The van der Waals surface area contributed by atoms with Crippen LogP contribution in [0.5, 0.6) is 0 Å². The predicted molar refractivity (Wildman–Crippen MR) is 122 cm³/mol. The van der Waals surface area contributed by atoms with Crippen LogP contribution >= 0.6 is 11.3 Å². The van der Waals surface area contributed by atoms with Crippen LogP contribution in [0.25, 0.3) is 10.6 Å². The second-order valence-electron chi connectivity index (χ2n) is 7.90. The summed E-state index contributed by atoms with van der Waals surface area (Å²) in [5, 5.41) is 8.30. The Hall–Kier alpha value is -3.07. The summed E-state index contributed by atoms with van der Waals surface area (Å²) in [6.07, 6.45) is 5.30. The van der Waals surface area contributed by atoms with Gasteiger partial charge in [0, 0.05) is 38.6 Å². The Morgan fingerprint density at radius 1 is 1.19 bits per heavy atom. The van der Waals surface area contributed by atoms with Gasteiger partial charge in [-0.05, 0) is 51.3 Å². The van der Waals surface area contributed by atoms with Gasteiger partial charge in [0.15, 0.2) is 0 Å². The van der Waals surface area contributed by atoms with Crippen molar-refractivity contribution in [3.8, 4) is 10.6 Å². The summed E-state index contributed by atoms with van der Waals surface area (Å²) in [5.41, 5.74) is 3.58. The van der Waals surface area contributed by atoms with Crippen molar-refractivity contribution in [2.75, 3.05) is 18.4 Å². The summed E-state index contributed by atoms with van der Waals surface area (Å²) in [4.78, 5) is 37.1. The first kappa shape index (κ1) is 21.2. The van der Waals surface area contributed by atoms with E-state index in [2.05, 4.69) is 20.4 Å². The van der Waals surface area contributed by atoms with Crippen LogP contribution in [0.2, 0.25) is 0 Å². The van der Waals surface area contributed by atoms with E-state index in [-0.39, 0.29) is 11.5 Å². The van der Waals surface area contributed by atoms with Gasteiger partial charge in [-0.25, -0.2) is 9.67 Å². The fourth-order valence-electron chi connectivity index (χ4n) is 3.86. The molecule has 9 heteroatoms. The molecule has 1 saturated heterocycles. The molecule has 0 radical (unpaired) electrons. The van der Waals surface area contributed by atoms with Gasteiger partial charge in [-0.15, -0.1) is 11.3 Å². The maximum absolute atomic E-state index is 13.2. The SMILES string of the molecule is Cc1nc(-c2c(C)c(C)nn(C)c2=O)sc1C(=O)N1CCC(Nc2cccnc2)CC1. The van der Waals surface area contributed by atoms with Crippen LogP contribution in [-0.4, -0.2) is 49.7 Å². The zero-order chi connectivity index (χ0) is 22.1. The number of aromatic nitrogens is 4. The van der Waals surface area contributed by atoms with E-state index in [9.17, 15) is 9.59 Å². The average Bonchev–Trinajstić information content (AvgIpc) is 3.14. The Kier molecular flexibility index (Phi) is 5.86. The van der Waals surface area contributed by atoms with Crippen molar-refractivity contribution in [1.29, 1.82) is 0 Å². The highest BCUT2D eigenvalue weighted by molar-refractivity contribution is 7.17. The van der Waals surface area contributed by atoms with E-state index in [1.165, 1.54) is 16.0 Å². The second-order valence-corrected chi connectivity index (χ2v) is 8.90. The molecule has 0 atom stereocenters. The van der Waals surface area contributed by atoms with E-state index in [0.717, 1.165) is 29.8 Å². The first-order valence-electron chi connectivity index (χ1n) is 10.3. The van der Waals surface area contributed by atoms with Gasteiger partial charge in [0.05, 0.1) is 22.6 Å². The highest BCUT2D eigenvalue weighted by atomic mass is 32.1. The van der Waals surface area contributed by atoms with Crippen molar-refractivity contribution < 1.29 is 4.79 Å². The monoisotopic (exact) mass is 438 g/mol. The fraction of sp³-hybridized carbons (Fsp3) is 0.409. The zero-order valence-electron chi connectivity index (χ0n) is 18.2. The molecule has 0 unspecified atom stereocenters. The van der Waals surface area contributed by atoms with Gasteiger partial charge in [-0.1, -0.05) is 0 Å². The highest BCUT2D eigenvalue weighted by Gasteiger charge is 2.27. The van der Waals surface area contributed by atoms with Gasteiger partial charge in [0.1, 0.15) is 9.88 Å². The Bertz CT molecular complexity index is 1160. The third-order valence-corrected chi connectivity index (χ3v) is 6.91. The second kappa shape index (κ2) is 8.58. The van der Waals surface area contributed by atoms with Crippen LogP contribution in [0.3, 0.4) is 0 Å². The Balaban J connectivity index is 1.50. The summed E-state index contributed by atoms with van der Waals surface area (Å²) in [6, 6.07) is 4.22. The molecular weight excluding hydrogens is 412 g/mol. The number of thiazole rings is 1. The first-order chi connectivity index (χ1) is 14.8. The normalized spacial score (nSPS) is 14.6. The number of anilines is 1. The van der Waals surface area contributed by atoms with Crippen LogP contribution in [0.15, 0.2) is 29.3 Å². The molecule has 0 aromatic carbocycles. The molecule has 4 rings (SSSR count). The lowest BCUT2D eigenvalue weighted by Gasteiger charge is -2.32. The molecule has 1 fully saturated rings. The number of piperidine rings is 1. The van der Waals surface area contributed by atoms with E-state index in [1.54, 1.807) is 13.2 Å². The number of aryl methyl sites for hydroxylation is 3. The number of carbonyl (C=O) groups excluding carboxylic acids is 1. The molecule has 1 amide bonds. The summed E-state index contributed by atoms with van der Waals surface area (Å²) in [5.74, 6) is -0.0127. The number of hydrogen-bond donors (Lipinski definition) is 1. The molecule has 162 valence electrons. The minimum Gasteiger partial charge on any atom is -0.381 e. The molecule has 3 aromatic rings. The first-order valence-corrected chi connectivity index (χ1v) is 11.1. The molecular formula is C22H26N6O2S. The van der Waals surface area contributed by atoms with Crippen molar-refractivity contribution >= 4 is 22.9 Å². The van der Waals surface area contributed by atoms with Crippen LogP contribution < -0.4 is 10.9 Å². The van der Waals surface area contributed by atoms with Crippen LogP contribution in [0, 0.1) is 20.8 Å². The van der Waals surface area contributed by atoms with Crippen molar-refractivity contribution in [3.63, 3.8) is 0 Å². The number of nitrogens with zero attached hydrogens (tertiary/aromatic N) is 5. The number of amides is 1. The van der Waals surface area contributed by atoms with E-state index in [1.807, 2.05) is 44.0 Å². The van der Waals surface area contributed by atoms with E-state index < -0.39 is 0 Å². The summed E-state index contributed by atoms with van der Waals surface area (Å²) in [6.45, 7) is 6.93. The smallest absolute Gasteiger partial charge is 0.277 e. The number of rotatable bonds is 4. The number of carbonyl (C=O) groups is 1. The molecule has 1 aliphatic heterocycles. The standard InChI is InChI=1S/C22H26N6O2S/c1-13-14(2)26-27(4)21(29)18(13)20-24-15(3)19(31-20)22(30)28-10-7-16(8-11-28)25-17-6-5-9-23-12-17/h5-6,9,12,16,25H,7-8,10-11H2,1-4H3. The van der Waals surface area contributed by atoms with Gasteiger partial charge in [0.25, 0.3) is 11.5 Å². The van der Waals surface area contributed by atoms with Gasteiger partial charge >= 0.3 is 0 Å². The summed E-state index contributed by atoms with van der Waals surface area (Å²) >= 11 is 1.30. The lowest BCUT2D eigenvalue weighted by molar-refractivity contribution is 0.0722. The summed E-state index contributed by atoms with van der Waals surface area (Å²) in [7, 11) is 1.63. The quantitative estimate of drug-likeness (QED) is 0.673. The van der Waals surface area contributed by atoms with Crippen molar-refractivity contribution in [2.24, 2.45) is 7.05 Å². The van der Waals surface area contributed by atoms with E-state index in [0.29, 0.717) is 40.3 Å². The molecule has 1 aliphatic rings. The van der Waals surface area contributed by atoms with Crippen molar-refractivity contribution in [3.05, 3.63) is 56.7 Å². The Labute approximate surface area is 185 Å². The molecule has 0 aliphatic carbocycles. The van der Waals surface area contributed by atoms with Gasteiger partial charge < -0.3 is 10.2 Å².